The number of piperidine rings is 1. The molecule has 1 aliphatic carbocycles. The number of rotatable bonds is 3. The van der Waals surface area contributed by atoms with E-state index >= 15 is 0 Å². The van der Waals surface area contributed by atoms with Crippen LogP contribution in [0.15, 0.2) is 18.3 Å². The second-order valence-corrected chi connectivity index (χ2v) is 6.95. The van der Waals surface area contributed by atoms with Gasteiger partial charge >= 0.3 is 0 Å². The molecule has 130 valence electrons. The lowest BCUT2D eigenvalue weighted by Crippen LogP contribution is -2.45. The minimum atomic E-state index is -0.369. The van der Waals surface area contributed by atoms with Crippen molar-refractivity contribution < 1.29 is 14.3 Å². The molecule has 0 unspecified atom stereocenters. The van der Waals surface area contributed by atoms with Gasteiger partial charge in [0.15, 0.2) is 5.79 Å². The first kappa shape index (κ1) is 15.8. The molecule has 4 rings (SSSR count). The van der Waals surface area contributed by atoms with Gasteiger partial charge in [0.2, 0.25) is 0 Å². The fourth-order valence-corrected chi connectivity index (χ4v) is 3.96. The maximum absolute atomic E-state index is 12.4. The highest BCUT2D eigenvalue weighted by Gasteiger charge is 2.39. The zero-order valence-electron chi connectivity index (χ0n) is 14.0. The lowest BCUT2D eigenvalue weighted by molar-refractivity contribution is -0.169. The van der Waals surface area contributed by atoms with E-state index < -0.39 is 0 Å². The molecule has 0 atom stereocenters. The van der Waals surface area contributed by atoms with Crippen LogP contribution in [0.1, 0.15) is 49.0 Å². The average molecular weight is 331 g/mol. The Labute approximate surface area is 142 Å². The zero-order chi connectivity index (χ0) is 16.4. The molecule has 1 saturated carbocycles. The van der Waals surface area contributed by atoms with Crippen LogP contribution in [0, 0.1) is 0 Å². The number of amides is 1. The summed E-state index contributed by atoms with van der Waals surface area (Å²) in [5.41, 5.74) is 1.56. The van der Waals surface area contributed by atoms with Crippen LogP contribution in [-0.4, -0.2) is 49.0 Å². The average Bonchev–Trinajstić information content (AvgIpc) is 3.28. The Morgan fingerprint density at radius 1 is 1.21 bits per heavy atom. The molecule has 0 bridgehead atoms. The van der Waals surface area contributed by atoms with E-state index in [0.717, 1.165) is 44.5 Å². The summed E-state index contributed by atoms with van der Waals surface area (Å²) in [7, 11) is 0. The highest BCUT2D eigenvalue weighted by molar-refractivity contribution is 5.93. The molecule has 2 saturated heterocycles. The number of hydrogen-bond acceptors (Lipinski definition) is 5. The molecule has 3 aliphatic rings. The van der Waals surface area contributed by atoms with Crippen molar-refractivity contribution in [2.75, 3.05) is 31.2 Å². The predicted molar refractivity (Wildman–Crippen MR) is 90.0 cm³/mol. The Morgan fingerprint density at radius 3 is 2.62 bits per heavy atom. The number of pyridine rings is 1. The van der Waals surface area contributed by atoms with Gasteiger partial charge in [-0.1, -0.05) is 12.8 Å². The van der Waals surface area contributed by atoms with E-state index in [1.165, 1.54) is 12.8 Å². The summed E-state index contributed by atoms with van der Waals surface area (Å²) in [5.74, 6) is -0.425. The molecule has 0 radical (unpaired) electrons. The third kappa shape index (κ3) is 3.26. The quantitative estimate of drug-likeness (QED) is 0.919. The fourth-order valence-electron chi connectivity index (χ4n) is 3.96. The maximum atomic E-state index is 12.4. The fraction of sp³-hybridized carbons (Fsp3) is 0.667. The van der Waals surface area contributed by atoms with Crippen LogP contribution in [-0.2, 0) is 9.47 Å². The number of hydrogen-bond donors (Lipinski definition) is 1. The highest BCUT2D eigenvalue weighted by atomic mass is 16.7. The topological polar surface area (TPSA) is 63.7 Å². The van der Waals surface area contributed by atoms with Gasteiger partial charge in [0.05, 0.1) is 13.2 Å². The van der Waals surface area contributed by atoms with E-state index in [1.807, 2.05) is 12.1 Å². The van der Waals surface area contributed by atoms with Crippen LogP contribution in [0.2, 0.25) is 0 Å². The lowest BCUT2D eigenvalue weighted by Gasteiger charge is -2.38. The van der Waals surface area contributed by atoms with Crippen LogP contribution < -0.4 is 10.2 Å². The molecule has 3 fully saturated rings. The minimum Gasteiger partial charge on any atom is -0.371 e. The third-order valence-corrected chi connectivity index (χ3v) is 5.37. The number of carbonyl (C=O) groups is 1. The number of nitrogens with zero attached hydrogens (tertiary/aromatic N) is 2. The zero-order valence-corrected chi connectivity index (χ0v) is 14.0. The normalized spacial score (nSPS) is 23.8. The molecule has 1 aromatic heterocycles. The second kappa shape index (κ2) is 6.69. The van der Waals surface area contributed by atoms with Gasteiger partial charge in [0.1, 0.15) is 5.69 Å². The molecule has 1 N–H and O–H groups in total. The number of aromatic nitrogens is 1. The van der Waals surface area contributed by atoms with Gasteiger partial charge in [-0.15, -0.1) is 0 Å². The van der Waals surface area contributed by atoms with E-state index in [2.05, 4.69) is 15.2 Å². The molecule has 1 spiro atoms. The summed E-state index contributed by atoms with van der Waals surface area (Å²) in [6, 6.07) is 4.19. The summed E-state index contributed by atoms with van der Waals surface area (Å²) in [6.07, 6.45) is 8.03. The SMILES string of the molecule is O=C(NC1CCCC1)c1cc(N2CCC3(CC2)OCCO3)ccn1. The molecule has 3 heterocycles. The van der Waals surface area contributed by atoms with Crippen molar-refractivity contribution in [3.63, 3.8) is 0 Å². The van der Waals surface area contributed by atoms with E-state index in [9.17, 15) is 4.79 Å². The Kier molecular flexibility index (Phi) is 4.41. The molecule has 1 aromatic rings. The predicted octanol–water partition coefficient (Wildman–Crippen LogP) is 2.10. The van der Waals surface area contributed by atoms with Gasteiger partial charge in [-0.05, 0) is 25.0 Å². The first-order valence-electron chi connectivity index (χ1n) is 9.04. The van der Waals surface area contributed by atoms with Gasteiger partial charge in [-0.3, -0.25) is 9.78 Å². The number of anilines is 1. The minimum absolute atomic E-state index is 0.0558. The van der Waals surface area contributed by atoms with E-state index in [4.69, 9.17) is 9.47 Å². The Balaban J connectivity index is 1.40. The van der Waals surface area contributed by atoms with Crippen molar-refractivity contribution in [3.8, 4) is 0 Å². The molecule has 1 amide bonds. The van der Waals surface area contributed by atoms with Gasteiger partial charge in [-0.2, -0.15) is 0 Å². The van der Waals surface area contributed by atoms with Crippen molar-refractivity contribution in [2.24, 2.45) is 0 Å². The van der Waals surface area contributed by atoms with Crippen LogP contribution >= 0.6 is 0 Å². The number of carbonyl (C=O) groups excluding carboxylic acids is 1. The molecule has 24 heavy (non-hydrogen) atoms. The summed E-state index contributed by atoms with van der Waals surface area (Å²) in [5, 5.41) is 3.10. The Morgan fingerprint density at radius 2 is 1.92 bits per heavy atom. The van der Waals surface area contributed by atoms with Gasteiger partial charge < -0.3 is 19.7 Å². The monoisotopic (exact) mass is 331 g/mol. The van der Waals surface area contributed by atoms with E-state index in [1.54, 1.807) is 6.20 Å². The van der Waals surface area contributed by atoms with Gasteiger partial charge in [0.25, 0.3) is 5.91 Å². The number of nitrogens with one attached hydrogen (secondary N) is 1. The number of ether oxygens (including phenoxy) is 2. The first-order chi connectivity index (χ1) is 11.7. The standard InChI is InChI=1S/C18H25N3O3/c22-17(20-14-3-1-2-4-14)16-13-15(5-8-19-16)21-9-6-18(7-10-21)23-11-12-24-18/h5,8,13-14H,1-4,6-7,9-12H2,(H,20,22). The first-order valence-corrected chi connectivity index (χ1v) is 9.04. The van der Waals surface area contributed by atoms with Crippen molar-refractivity contribution in [1.82, 2.24) is 10.3 Å². The molecule has 0 aromatic carbocycles. The molecule has 6 heteroatoms. The molecule has 6 nitrogen and oxygen atoms in total. The maximum Gasteiger partial charge on any atom is 0.270 e. The molecule has 2 aliphatic heterocycles. The van der Waals surface area contributed by atoms with Crippen molar-refractivity contribution in [3.05, 3.63) is 24.0 Å². The third-order valence-electron chi connectivity index (χ3n) is 5.37. The summed E-state index contributed by atoms with van der Waals surface area (Å²) in [6.45, 7) is 3.13. The molecular weight excluding hydrogens is 306 g/mol. The van der Waals surface area contributed by atoms with Crippen molar-refractivity contribution >= 4 is 11.6 Å². The summed E-state index contributed by atoms with van der Waals surface area (Å²) in [4.78, 5) is 18.9. The van der Waals surface area contributed by atoms with Crippen molar-refractivity contribution in [1.29, 1.82) is 0 Å². The summed E-state index contributed by atoms with van der Waals surface area (Å²) < 4.78 is 11.6. The lowest BCUT2D eigenvalue weighted by atomic mass is 10.0. The van der Waals surface area contributed by atoms with E-state index in [0.29, 0.717) is 24.9 Å². The van der Waals surface area contributed by atoms with Crippen LogP contribution in [0.4, 0.5) is 5.69 Å². The van der Waals surface area contributed by atoms with Gasteiger partial charge in [0, 0.05) is 43.9 Å². The van der Waals surface area contributed by atoms with Crippen LogP contribution in [0.3, 0.4) is 0 Å². The van der Waals surface area contributed by atoms with E-state index in [-0.39, 0.29) is 11.7 Å². The largest absolute Gasteiger partial charge is 0.371 e. The second-order valence-electron chi connectivity index (χ2n) is 6.95. The Bertz CT molecular complexity index is 585. The van der Waals surface area contributed by atoms with Crippen LogP contribution in [0.25, 0.3) is 0 Å². The van der Waals surface area contributed by atoms with Crippen LogP contribution in [0.5, 0.6) is 0 Å². The molecular formula is C18H25N3O3. The smallest absolute Gasteiger partial charge is 0.270 e. The van der Waals surface area contributed by atoms with Gasteiger partial charge in [-0.25, -0.2) is 0 Å². The summed E-state index contributed by atoms with van der Waals surface area (Å²) >= 11 is 0. The highest BCUT2D eigenvalue weighted by Crippen LogP contribution is 2.33. The Hall–Kier alpha value is -1.66. The van der Waals surface area contributed by atoms with Crippen molar-refractivity contribution in [2.45, 2.75) is 50.4 Å².